The second-order valence-corrected chi connectivity index (χ2v) is 3.18. The van der Waals surface area contributed by atoms with Crippen molar-refractivity contribution in [2.45, 2.75) is 26.0 Å². The van der Waals surface area contributed by atoms with Gasteiger partial charge >= 0.3 is 5.97 Å². The highest BCUT2D eigenvalue weighted by molar-refractivity contribution is 6.30. The van der Waals surface area contributed by atoms with E-state index in [1.165, 1.54) is 6.33 Å². The Morgan fingerprint density at radius 3 is 2.93 bits per heavy atom. The second-order valence-electron chi connectivity index (χ2n) is 2.83. The van der Waals surface area contributed by atoms with Crippen LogP contribution in [0.3, 0.4) is 0 Å². The first-order valence-electron chi connectivity index (χ1n) is 4.16. The highest BCUT2D eigenvalue weighted by Gasteiger charge is 2.18. The molecule has 1 heterocycles. The summed E-state index contributed by atoms with van der Waals surface area (Å²) in [5.74, 6) is -1.26. The first-order chi connectivity index (χ1) is 6.56. The Labute approximate surface area is 85.9 Å². The van der Waals surface area contributed by atoms with Crippen molar-refractivity contribution in [1.82, 2.24) is 9.55 Å². The van der Waals surface area contributed by atoms with Crippen molar-refractivity contribution in [2.24, 2.45) is 0 Å². The molecule has 1 unspecified atom stereocenters. The van der Waals surface area contributed by atoms with Gasteiger partial charge in [0.15, 0.2) is 6.10 Å². The van der Waals surface area contributed by atoms with Gasteiger partial charge in [-0.25, -0.2) is 9.78 Å². The van der Waals surface area contributed by atoms with Crippen LogP contribution in [0.1, 0.15) is 12.6 Å². The molecule has 2 N–H and O–H groups in total. The minimum absolute atomic E-state index is 0.0258. The molecule has 1 aromatic rings. The standard InChI is InChI=1S/C8H11ClN2O3/c1-2-11-4-10-7(9)5(11)3-6(12)8(13)14/h4,6,12H,2-3H2,1H3,(H,13,14). The van der Waals surface area contributed by atoms with Gasteiger partial charge in [-0.3, -0.25) is 0 Å². The molecule has 0 saturated carbocycles. The highest BCUT2D eigenvalue weighted by Crippen LogP contribution is 2.15. The number of rotatable bonds is 4. The molecule has 6 heteroatoms. The summed E-state index contributed by atoms with van der Waals surface area (Å²) in [6.45, 7) is 2.52. The lowest BCUT2D eigenvalue weighted by Crippen LogP contribution is -2.23. The van der Waals surface area contributed by atoms with E-state index in [-0.39, 0.29) is 11.6 Å². The first kappa shape index (κ1) is 11.0. The van der Waals surface area contributed by atoms with Crippen LogP contribution in [0, 0.1) is 0 Å². The van der Waals surface area contributed by atoms with Gasteiger partial charge in [-0.2, -0.15) is 0 Å². The fourth-order valence-corrected chi connectivity index (χ4v) is 1.36. The maximum Gasteiger partial charge on any atom is 0.332 e. The number of carboxylic acid groups (broad SMARTS) is 1. The van der Waals surface area contributed by atoms with E-state index in [2.05, 4.69) is 4.98 Å². The molecule has 0 aliphatic heterocycles. The Balaban J connectivity index is 2.84. The van der Waals surface area contributed by atoms with Crippen LogP contribution in [0.2, 0.25) is 5.15 Å². The lowest BCUT2D eigenvalue weighted by molar-refractivity contribution is -0.146. The predicted molar refractivity (Wildman–Crippen MR) is 50.3 cm³/mol. The van der Waals surface area contributed by atoms with E-state index in [9.17, 15) is 4.79 Å². The number of aryl methyl sites for hydroxylation is 1. The molecule has 0 saturated heterocycles. The monoisotopic (exact) mass is 218 g/mol. The maximum atomic E-state index is 10.4. The van der Waals surface area contributed by atoms with Gasteiger partial charge in [0.1, 0.15) is 5.15 Å². The number of hydrogen-bond acceptors (Lipinski definition) is 3. The molecule has 5 nitrogen and oxygen atoms in total. The smallest absolute Gasteiger partial charge is 0.332 e. The average Bonchev–Trinajstić information content (AvgIpc) is 2.47. The van der Waals surface area contributed by atoms with Crippen molar-refractivity contribution in [1.29, 1.82) is 0 Å². The first-order valence-corrected chi connectivity index (χ1v) is 4.54. The number of carbonyl (C=O) groups is 1. The minimum atomic E-state index is -1.44. The fraction of sp³-hybridized carbons (Fsp3) is 0.500. The van der Waals surface area contributed by atoms with Crippen LogP contribution >= 0.6 is 11.6 Å². The van der Waals surface area contributed by atoms with E-state index in [4.69, 9.17) is 21.8 Å². The summed E-state index contributed by atoms with van der Waals surface area (Å²) in [7, 11) is 0. The lowest BCUT2D eigenvalue weighted by atomic mass is 10.2. The quantitative estimate of drug-likeness (QED) is 0.774. The molecule has 0 radical (unpaired) electrons. The Bertz CT molecular complexity index is 337. The molecule has 14 heavy (non-hydrogen) atoms. The van der Waals surface area contributed by atoms with Crippen molar-refractivity contribution < 1.29 is 15.0 Å². The number of carboxylic acids is 1. The molecule has 0 aliphatic rings. The summed E-state index contributed by atoms with van der Waals surface area (Å²) in [6.07, 6.45) is 0.0586. The van der Waals surface area contributed by atoms with Crippen LogP contribution < -0.4 is 0 Å². The van der Waals surface area contributed by atoms with Crippen LogP contribution in [0.15, 0.2) is 6.33 Å². The largest absolute Gasteiger partial charge is 0.479 e. The van der Waals surface area contributed by atoms with Gasteiger partial charge < -0.3 is 14.8 Å². The molecular weight excluding hydrogens is 208 g/mol. The lowest BCUT2D eigenvalue weighted by Gasteiger charge is -2.07. The Kier molecular flexibility index (Phi) is 3.49. The van der Waals surface area contributed by atoms with Crippen molar-refractivity contribution in [3.05, 3.63) is 17.2 Å². The average molecular weight is 219 g/mol. The van der Waals surface area contributed by atoms with Gasteiger partial charge in [-0.15, -0.1) is 0 Å². The van der Waals surface area contributed by atoms with E-state index in [0.717, 1.165) is 0 Å². The zero-order chi connectivity index (χ0) is 10.7. The van der Waals surface area contributed by atoms with Gasteiger partial charge in [0.25, 0.3) is 0 Å². The Morgan fingerprint density at radius 1 is 1.79 bits per heavy atom. The number of aliphatic carboxylic acids is 1. The second kappa shape index (κ2) is 4.43. The van der Waals surface area contributed by atoms with Crippen LogP contribution in [0.5, 0.6) is 0 Å². The van der Waals surface area contributed by atoms with Crippen LogP contribution in [0.4, 0.5) is 0 Å². The summed E-state index contributed by atoms with van der Waals surface area (Å²) >= 11 is 5.74. The third kappa shape index (κ3) is 2.24. The zero-order valence-corrected chi connectivity index (χ0v) is 8.40. The third-order valence-electron chi connectivity index (χ3n) is 1.91. The number of aromatic nitrogens is 2. The summed E-state index contributed by atoms with van der Waals surface area (Å²) in [5.41, 5.74) is 0.545. The topological polar surface area (TPSA) is 75.3 Å². The summed E-state index contributed by atoms with van der Waals surface area (Å²) in [4.78, 5) is 14.2. The van der Waals surface area contributed by atoms with Crippen LogP contribution in [-0.4, -0.2) is 31.8 Å². The number of hydrogen-bond donors (Lipinski definition) is 2. The number of imidazole rings is 1. The van der Waals surface area contributed by atoms with Gasteiger partial charge in [0.05, 0.1) is 12.0 Å². The predicted octanol–water partition coefficient (Wildman–Crippen LogP) is 0.544. The molecule has 0 aromatic carbocycles. The van der Waals surface area contributed by atoms with Crippen LogP contribution in [0.25, 0.3) is 0 Å². The third-order valence-corrected chi connectivity index (χ3v) is 2.22. The molecule has 1 rings (SSSR count). The molecular formula is C8H11ClN2O3. The van der Waals surface area contributed by atoms with E-state index < -0.39 is 12.1 Å². The molecule has 0 aliphatic carbocycles. The highest BCUT2D eigenvalue weighted by atomic mass is 35.5. The van der Waals surface area contributed by atoms with Gasteiger partial charge in [0, 0.05) is 13.0 Å². The minimum Gasteiger partial charge on any atom is -0.479 e. The fourth-order valence-electron chi connectivity index (χ4n) is 1.13. The van der Waals surface area contributed by atoms with Crippen LogP contribution in [-0.2, 0) is 17.8 Å². The molecule has 0 spiro atoms. The number of nitrogens with zero attached hydrogens (tertiary/aromatic N) is 2. The molecule has 0 amide bonds. The van der Waals surface area contributed by atoms with Crippen molar-refractivity contribution in [2.75, 3.05) is 0 Å². The van der Waals surface area contributed by atoms with Gasteiger partial charge in [-0.1, -0.05) is 11.6 Å². The Hall–Kier alpha value is -1.07. The molecule has 0 bridgehead atoms. The van der Waals surface area contributed by atoms with Gasteiger partial charge in [-0.05, 0) is 6.92 Å². The van der Waals surface area contributed by atoms with E-state index in [0.29, 0.717) is 12.2 Å². The number of halogens is 1. The SMILES string of the molecule is CCn1cnc(Cl)c1CC(O)C(=O)O. The summed E-state index contributed by atoms with van der Waals surface area (Å²) in [5, 5.41) is 17.9. The van der Waals surface area contributed by atoms with Crippen molar-refractivity contribution >= 4 is 17.6 Å². The molecule has 0 fully saturated rings. The number of aliphatic hydroxyl groups excluding tert-OH is 1. The van der Waals surface area contributed by atoms with Crippen molar-refractivity contribution in [3.63, 3.8) is 0 Å². The van der Waals surface area contributed by atoms with E-state index >= 15 is 0 Å². The number of aliphatic hydroxyl groups is 1. The van der Waals surface area contributed by atoms with E-state index in [1.54, 1.807) is 4.57 Å². The summed E-state index contributed by atoms with van der Waals surface area (Å²) in [6, 6.07) is 0. The van der Waals surface area contributed by atoms with Crippen molar-refractivity contribution in [3.8, 4) is 0 Å². The normalized spacial score (nSPS) is 12.8. The van der Waals surface area contributed by atoms with E-state index in [1.807, 2.05) is 6.92 Å². The zero-order valence-electron chi connectivity index (χ0n) is 7.64. The summed E-state index contributed by atoms with van der Waals surface area (Å²) < 4.78 is 1.70. The Morgan fingerprint density at radius 2 is 2.43 bits per heavy atom. The van der Waals surface area contributed by atoms with Gasteiger partial charge in [0.2, 0.25) is 0 Å². The maximum absolute atomic E-state index is 10.4. The molecule has 78 valence electrons. The molecule has 1 atom stereocenters. The molecule has 1 aromatic heterocycles.